The molecule has 2 nitrogen and oxygen atoms in total. The fourth-order valence-electron chi connectivity index (χ4n) is 0.731. The Labute approximate surface area is 66.0 Å². The van der Waals surface area contributed by atoms with Gasteiger partial charge in [-0.25, -0.2) is 0 Å². The molecule has 1 aromatic rings. The summed E-state index contributed by atoms with van der Waals surface area (Å²) in [6, 6.07) is 7.25. The third kappa shape index (κ3) is 1.91. The van der Waals surface area contributed by atoms with Crippen LogP contribution in [0.2, 0.25) is 0 Å². The zero-order valence-electron chi connectivity index (χ0n) is 6.08. The number of nitrogens with two attached hydrogens (primary N) is 1. The number of benzene rings is 1. The van der Waals surface area contributed by atoms with Crippen LogP contribution in [0.25, 0.3) is 0 Å². The van der Waals surface area contributed by atoms with Gasteiger partial charge in [0, 0.05) is 0 Å². The second kappa shape index (κ2) is 3.52. The number of hydrogen-bond donors (Lipinski definition) is 1. The van der Waals surface area contributed by atoms with Crippen molar-refractivity contribution >= 4 is 5.69 Å². The van der Waals surface area contributed by atoms with E-state index >= 15 is 0 Å². The predicted molar refractivity (Wildman–Crippen MR) is 45.2 cm³/mol. The van der Waals surface area contributed by atoms with Gasteiger partial charge in [-0.1, -0.05) is 18.1 Å². The molecule has 0 spiro atoms. The molecule has 0 amide bonds. The van der Waals surface area contributed by atoms with Crippen LogP contribution in [-0.4, -0.2) is 6.61 Å². The van der Waals surface area contributed by atoms with Crippen molar-refractivity contribution in [2.24, 2.45) is 0 Å². The van der Waals surface area contributed by atoms with E-state index in [0.717, 1.165) is 0 Å². The van der Waals surface area contributed by atoms with Gasteiger partial charge in [0.25, 0.3) is 0 Å². The number of nitrogen functional groups attached to an aromatic ring is 1. The van der Waals surface area contributed by atoms with Gasteiger partial charge in [-0.05, 0) is 12.1 Å². The predicted octanol–water partition coefficient (Wildman–Crippen LogP) is 1.28. The molecule has 0 aliphatic heterocycles. The summed E-state index contributed by atoms with van der Waals surface area (Å²) in [5, 5.41) is 0. The number of anilines is 1. The van der Waals surface area contributed by atoms with Crippen molar-refractivity contribution in [1.82, 2.24) is 0 Å². The summed E-state index contributed by atoms with van der Waals surface area (Å²) in [5.74, 6) is 3.01. The van der Waals surface area contributed by atoms with E-state index in [0.29, 0.717) is 11.4 Å². The monoisotopic (exact) mass is 147 g/mol. The Balaban J connectivity index is 2.71. The average molecular weight is 147 g/mol. The van der Waals surface area contributed by atoms with Crippen LogP contribution in [0.5, 0.6) is 5.75 Å². The molecule has 11 heavy (non-hydrogen) atoms. The van der Waals surface area contributed by atoms with E-state index in [1.54, 1.807) is 12.1 Å². The zero-order valence-corrected chi connectivity index (χ0v) is 6.08. The maximum atomic E-state index is 5.57. The summed E-state index contributed by atoms with van der Waals surface area (Å²) in [5.41, 5.74) is 6.18. The largest absolute Gasteiger partial charge is 0.479 e. The van der Waals surface area contributed by atoms with Crippen LogP contribution >= 0.6 is 0 Å². The van der Waals surface area contributed by atoms with Crippen molar-refractivity contribution in [2.45, 2.75) is 0 Å². The van der Waals surface area contributed by atoms with Crippen molar-refractivity contribution in [3.8, 4) is 18.1 Å². The van der Waals surface area contributed by atoms with Crippen LogP contribution < -0.4 is 10.5 Å². The standard InChI is InChI=1S/C9H9NO/c1-2-7-11-9-6-4-3-5-8(9)10/h1,3-6H,7,10H2. The third-order valence-corrected chi connectivity index (χ3v) is 1.23. The van der Waals surface area contributed by atoms with Gasteiger partial charge in [0.1, 0.15) is 12.4 Å². The van der Waals surface area contributed by atoms with Crippen molar-refractivity contribution in [3.63, 3.8) is 0 Å². The van der Waals surface area contributed by atoms with Crippen LogP contribution in [0.1, 0.15) is 0 Å². The van der Waals surface area contributed by atoms with Gasteiger partial charge in [0.15, 0.2) is 0 Å². The van der Waals surface area contributed by atoms with Crippen LogP contribution in [0.15, 0.2) is 24.3 Å². The Morgan fingerprint density at radius 3 is 2.82 bits per heavy atom. The molecule has 2 N–H and O–H groups in total. The molecule has 0 aliphatic carbocycles. The summed E-state index contributed by atoms with van der Waals surface area (Å²) in [6.45, 7) is 0.258. The van der Waals surface area contributed by atoms with Crippen molar-refractivity contribution in [3.05, 3.63) is 24.3 Å². The minimum absolute atomic E-state index is 0.258. The lowest BCUT2D eigenvalue weighted by Crippen LogP contribution is -1.96. The molecule has 0 saturated heterocycles. The first-order valence-corrected chi connectivity index (χ1v) is 3.25. The smallest absolute Gasteiger partial charge is 0.148 e. The van der Waals surface area contributed by atoms with E-state index in [1.165, 1.54) is 0 Å². The van der Waals surface area contributed by atoms with Crippen LogP contribution in [0, 0.1) is 12.3 Å². The first-order valence-electron chi connectivity index (χ1n) is 3.25. The molecule has 0 aromatic heterocycles. The third-order valence-electron chi connectivity index (χ3n) is 1.23. The Morgan fingerprint density at radius 1 is 1.45 bits per heavy atom. The summed E-state index contributed by atoms with van der Waals surface area (Å²) in [6.07, 6.45) is 5.01. The fourth-order valence-corrected chi connectivity index (χ4v) is 0.731. The van der Waals surface area contributed by atoms with Gasteiger partial charge in [-0.15, -0.1) is 6.42 Å². The Kier molecular flexibility index (Phi) is 2.40. The first kappa shape index (κ1) is 7.49. The molecule has 0 fully saturated rings. The van der Waals surface area contributed by atoms with Gasteiger partial charge >= 0.3 is 0 Å². The van der Waals surface area contributed by atoms with Crippen LogP contribution in [0.4, 0.5) is 5.69 Å². The lowest BCUT2D eigenvalue weighted by Gasteiger charge is -2.03. The summed E-state index contributed by atoms with van der Waals surface area (Å²) < 4.78 is 5.12. The fraction of sp³-hybridized carbons (Fsp3) is 0.111. The van der Waals surface area contributed by atoms with Crippen LogP contribution in [0.3, 0.4) is 0 Å². The highest BCUT2D eigenvalue weighted by atomic mass is 16.5. The molecule has 0 bridgehead atoms. The highest BCUT2D eigenvalue weighted by Gasteiger charge is 1.94. The van der Waals surface area contributed by atoms with Gasteiger partial charge in [0.05, 0.1) is 5.69 Å². The topological polar surface area (TPSA) is 35.2 Å². The first-order chi connectivity index (χ1) is 5.34. The number of rotatable bonds is 2. The maximum Gasteiger partial charge on any atom is 0.148 e. The zero-order chi connectivity index (χ0) is 8.10. The summed E-state index contributed by atoms with van der Waals surface area (Å²) >= 11 is 0. The van der Waals surface area contributed by atoms with E-state index in [9.17, 15) is 0 Å². The number of terminal acetylenes is 1. The Hall–Kier alpha value is -1.62. The van der Waals surface area contributed by atoms with E-state index in [1.807, 2.05) is 12.1 Å². The van der Waals surface area contributed by atoms with Crippen LogP contribution in [-0.2, 0) is 0 Å². The molecule has 1 aromatic carbocycles. The average Bonchev–Trinajstić information content (AvgIpc) is 2.03. The number of para-hydroxylation sites is 2. The molecule has 0 atom stereocenters. The normalized spacial score (nSPS) is 8.64. The van der Waals surface area contributed by atoms with E-state index < -0.39 is 0 Å². The highest BCUT2D eigenvalue weighted by Crippen LogP contribution is 2.18. The number of ether oxygens (including phenoxy) is 1. The Bertz CT molecular complexity index is 275. The second-order valence-electron chi connectivity index (χ2n) is 2.03. The van der Waals surface area contributed by atoms with E-state index in [4.69, 9.17) is 16.9 Å². The second-order valence-corrected chi connectivity index (χ2v) is 2.03. The minimum Gasteiger partial charge on any atom is -0.479 e. The molecule has 0 saturated carbocycles. The van der Waals surface area contributed by atoms with Crippen molar-refractivity contribution < 1.29 is 4.74 Å². The summed E-state index contributed by atoms with van der Waals surface area (Å²) in [7, 11) is 0. The molecular formula is C9H9NO. The maximum absolute atomic E-state index is 5.57. The van der Waals surface area contributed by atoms with Gasteiger partial charge in [0.2, 0.25) is 0 Å². The van der Waals surface area contributed by atoms with E-state index in [-0.39, 0.29) is 6.61 Å². The summed E-state index contributed by atoms with van der Waals surface area (Å²) in [4.78, 5) is 0. The minimum atomic E-state index is 0.258. The lowest BCUT2D eigenvalue weighted by atomic mass is 10.3. The molecule has 0 aliphatic rings. The molecule has 0 heterocycles. The SMILES string of the molecule is C#CCOc1ccccc1N. The quantitative estimate of drug-likeness (QED) is 0.505. The molecule has 0 unspecified atom stereocenters. The molecule has 56 valence electrons. The van der Waals surface area contributed by atoms with Gasteiger partial charge < -0.3 is 10.5 Å². The Morgan fingerprint density at radius 2 is 2.18 bits per heavy atom. The van der Waals surface area contributed by atoms with Crippen molar-refractivity contribution in [1.29, 1.82) is 0 Å². The van der Waals surface area contributed by atoms with Crippen molar-refractivity contribution in [2.75, 3.05) is 12.3 Å². The number of hydrogen-bond acceptors (Lipinski definition) is 2. The molecule has 1 rings (SSSR count). The molecular weight excluding hydrogens is 138 g/mol. The molecule has 0 radical (unpaired) electrons. The lowest BCUT2D eigenvalue weighted by molar-refractivity contribution is 0.372. The van der Waals surface area contributed by atoms with Gasteiger partial charge in [-0.3, -0.25) is 0 Å². The highest BCUT2D eigenvalue weighted by molar-refractivity contribution is 5.51. The molecule has 2 heteroatoms. The van der Waals surface area contributed by atoms with Gasteiger partial charge in [-0.2, -0.15) is 0 Å². The van der Waals surface area contributed by atoms with E-state index in [2.05, 4.69) is 5.92 Å².